The summed E-state index contributed by atoms with van der Waals surface area (Å²) < 4.78 is 0. The van der Waals surface area contributed by atoms with Gasteiger partial charge in [-0.3, -0.25) is 0 Å². The van der Waals surface area contributed by atoms with Gasteiger partial charge in [0, 0.05) is 5.39 Å². The minimum atomic E-state index is 0.177. The van der Waals surface area contributed by atoms with E-state index in [-0.39, 0.29) is 5.75 Å². The van der Waals surface area contributed by atoms with Crippen LogP contribution in [-0.2, 0) is 0 Å². The molecule has 3 aromatic rings. The molecular formula is C16H17N4O+. The van der Waals surface area contributed by atoms with Crippen molar-refractivity contribution in [3.05, 3.63) is 48.5 Å². The van der Waals surface area contributed by atoms with Crippen LogP contribution in [-0.4, -0.2) is 28.2 Å². The first-order chi connectivity index (χ1) is 10.3. The zero-order valence-electron chi connectivity index (χ0n) is 11.6. The summed E-state index contributed by atoms with van der Waals surface area (Å²) in [4.78, 5) is 9.11. The highest BCUT2D eigenvalue weighted by molar-refractivity contribution is 5.90. The molecule has 0 bridgehead atoms. The van der Waals surface area contributed by atoms with Crippen LogP contribution in [0.15, 0.2) is 48.5 Å². The first-order valence-corrected chi connectivity index (χ1v) is 6.88. The zero-order chi connectivity index (χ0) is 14.7. The maximum Gasteiger partial charge on any atom is 0.165 e. The minimum absolute atomic E-state index is 0.177. The van der Waals surface area contributed by atoms with E-state index in [4.69, 9.17) is 0 Å². The van der Waals surface area contributed by atoms with Gasteiger partial charge in [0.1, 0.15) is 11.6 Å². The van der Waals surface area contributed by atoms with Gasteiger partial charge < -0.3 is 16.2 Å². The third-order valence-corrected chi connectivity index (χ3v) is 3.22. The van der Waals surface area contributed by atoms with Gasteiger partial charge in [0.25, 0.3) is 0 Å². The van der Waals surface area contributed by atoms with Gasteiger partial charge in [0.15, 0.2) is 5.82 Å². The van der Waals surface area contributed by atoms with Crippen molar-refractivity contribution in [3.8, 4) is 17.1 Å². The summed E-state index contributed by atoms with van der Waals surface area (Å²) in [5.74, 6) is 1.46. The fourth-order valence-electron chi connectivity index (χ4n) is 2.20. The third kappa shape index (κ3) is 2.64. The third-order valence-electron chi connectivity index (χ3n) is 3.22. The summed E-state index contributed by atoms with van der Waals surface area (Å²) >= 11 is 0. The molecule has 0 aliphatic carbocycles. The number of quaternary nitrogens is 1. The number of aromatic nitrogens is 2. The van der Waals surface area contributed by atoms with Crippen LogP contribution >= 0.6 is 0 Å². The number of fused-ring (bicyclic) bond motifs is 1. The van der Waals surface area contributed by atoms with E-state index in [1.807, 2.05) is 36.4 Å². The van der Waals surface area contributed by atoms with Crippen molar-refractivity contribution < 1.29 is 10.8 Å². The number of hydrogen-bond donors (Lipinski definition) is 3. The van der Waals surface area contributed by atoms with Crippen LogP contribution in [0.3, 0.4) is 0 Å². The Morgan fingerprint density at radius 2 is 1.76 bits per heavy atom. The van der Waals surface area contributed by atoms with E-state index < -0.39 is 0 Å². The van der Waals surface area contributed by atoms with Crippen LogP contribution in [0.2, 0.25) is 0 Å². The maximum absolute atomic E-state index is 9.99. The van der Waals surface area contributed by atoms with Gasteiger partial charge in [0.05, 0.1) is 24.2 Å². The van der Waals surface area contributed by atoms with E-state index in [1.165, 1.54) is 0 Å². The molecule has 0 unspecified atom stereocenters. The van der Waals surface area contributed by atoms with Crippen LogP contribution in [0.5, 0.6) is 5.75 Å². The summed E-state index contributed by atoms with van der Waals surface area (Å²) in [6.07, 6.45) is 0. The number of nitrogens with one attached hydrogen (secondary N) is 1. The van der Waals surface area contributed by atoms with E-state index in [0.717, 1.165) is 29.8 Å². The molecule has 0 amide bonds. The number of anilines is 1. The number of hydrogen-bond acceptors (Lipinski definition) is 4. The Morgan fingerprint density at radius 1 is 1.00 bits per heavy atom. The van der Waals surface area contributed by atoms with Crippen molar-refractivity contribution in [1.82, 2.24) is 9.97 Å². The quantitative estimate of drug-likeness (QED) is 0.679. The molecule has 0 saturated carbocycles. The Bertz CT molecular complexity index is 773. The molecule has 2 aromatic carbocycles. The lowest BCUT2D eigenvalue weighted by Gasteiger charge is -2.10. The number of para-hydroxylation sites is 2. The molecule has 21 heavy (non-hydrogen) atoms. The van der Waals surface area contributed by atoms with Gasteiger partial charge in [-0.1, -0.05) is 24.3 Å². The van der Waals surface area contributed by atoms with Crippen molar-refractivity contribution >= 4 is 16.7 Å². The average Bonchev–Trinajstić information content (AvgIpc) is 2.53. The zero-order valence-corrected chi connectivity index (χ0v) is 11.6. The predicted octanol–water partition coefficient (Wildman–Crippen LogP) is 1.66. The van der Waals surface area contributed by atoms with Gasteiger partial charge >= 0.3 is 0 Å². The second kappa shape index (κ2) is 5.76. The van der Waals surface area contributed by atoms with Gasteiger partial charge in [-0.2, -0.15) is 0 Å². The molecule has 0 fully saturated rings. The monoisotopic (exact) mass is 281 g/mol. The van der Waals surface area contributed by atoms with Gasteiger partial charge in [-0.25, -0.2) is 9.97 Å². The molecule has 106 valence electrons. The second-order valence-corrected chi connectivity index (χ2v) is 4.71. The van der Waals surface area contributed by atoms with Crippen LogP contribution in [0.4, 0.5) is 5.82 Å². The number of nitrogens with zero attached hydrogens (tertiary/aromatic N) is 2. The standard InChI is InChI=1S/C16H16N4O/c17-9-10-18-15-11-5-1-3-7-13(11)19-16(20-15)12-6-2-4-8-14(12)21/h1-8,21H,9-10,17H2,(H,18,19,20)/p+1. The molecule has 1 aromatic heterocycles. The Hall–Kier alpha value is -2.66. The number of benzene rings is 2. The molecule has 0 spiro atoms. The number of phenols is 1. The molecule has 0 saturated heterocycles. The summed E-state index contributed by atoms with van der Waals surface area (Å²) in [6, 6.07) is 14.9. The largest absolute Gasteiger partial charge is 0.507 e. The highest BCUT2D eigenvalue weighted by atomic mass is 16.3. The number of aromatic hydroxyl groups is 1. The fraction of sp³-hybridized carbons (Fsp3) is 0.125. The van der Waals surface area contributed by atoms with Gasteiger partial charge in [-0.15, -0.1) is 0 Å². The second-order valence-electron chi connectivity index (χ2n) is 4.71. The van der Waals surface area contributed by atoms with Gasteiger partial charge in [0.2, 0.25) is 0 Å². The molecule has 3 rings (SSSR count). The molecule has 5 heteroatoms. The summed E-state index contributed by atoms with van der Waals surface area (Å²) in [6.45, 7) is 1.51. The predicted molar refractivity (Wildman–Crippen MR) is 82.9 cm³/mol. The molecule has 0 aliphatic rings. The minimum Gasteiger partial charge on any atom is -0.507 e. The number of phenolic OH excluding ortho intramolecular Hbond substituents is 1. The first-order valence-electron chi connectivity index (χ1n) is 6.88. The van der Waals surface area contributed by atoms with Crippen LogP contribution in [0.25, 0.3) is 22.3 Å². The SMILES string of the molecule is [NH3+]CCNc1nc(-c2ccccc2O)nc2ccccc12. The molecule has 5 N–H and O–H groups in total. The van der Waals surface area contributed by atoms with Crippen molar-refractivity contribution in [2.75, 3.05) is 18.4 Å². The highest BCUT2D eigenvalue weighted by Gasteiger charge is 2.11. The van der Waals surface area contributed by atoms with Crippen LogP contribution < -0.4 is 11.1 Å². The lowest BCUT2D eigenvalue weighted by Crippen LogP contribution is -2.53. The molecule has 0 radical (unpaired) electrons. The Labute approximate surface area is 122 Å². The molecule has 0 atom stereocenters. The van der Waals surface area contributed by atoms with Crippen molar-refractivity contribution in [2.45, 2.75) is 0 Å². The Kier molecular flexibility index (Phi) is 3.66. The van der Waals surface area contributed by atoms with Crippen molar-refractivity contribution in [3.63, 3.8) is 0 Å². The van der Waals surface area contributed by atoms with E-state index in [1.54, 1.807) is 12.1 Å². The average molecular weight is 281 g/mol. The van der Waals surface area contributed by atoms with Crippen molar-refractivity contribution in [2.24, 2.45) is 0 Å². The highest BCUT2D eigenvalue weighted by Crippen LogP contribution is 2.29. The number of rotatable bonds is 4. The van der Waals surface area contributed by atoms with Gasteiger partial charge in [-0.05, 0) is 24.3 Å². The maximum atomic E-state index is 9.99. The lowest BCUT2D eigenvalue weighted by molar-refractivity contribution is -0.362. The molecule has 0 aliphatic heterocycles. The van der Waals surface area contributed by atoms with E-state index in [9.17, 15) is 5.11 Å². The molecular weight excluding hydrogens is 264 g/mol. The molecule has 1 heterocycles. The molecule has 5 nitrogen and oxygen atoms in total. The van der Waals surface area contributed by atoms with E-state index in [2.05, 4.69) is 21.0 Å². The Balaban J connectivity index is 2.18. The summed E-state index contributed by atoms with van der Waals surface area (Å²) in [5, 5.41) is 14.2. The fourth-order valence-corrected chi connectivity index (χ4v) is 2.20. The topological polar surface area (TPSA) is 85.7 Å². The van der Waals surface area contributed by atoms with Crippen LogP contribution in [0.1, 0.15) is 0 Å². The summed E-state index contributed by atoms with van der Waals surface area (Å²) in [7, 11) is 0. The van der Waals surface area contributed by atoms with Crippen LogP contribution in [0, 0.1) is 0 Å². The summed E-state index contributed by atoms with van der Waals surface area (Å²) in [5.41, 5.74) is 5.30. The Morgan fingerprint density at radius 3 is 2.57 bits per heavy atom. The van der Waals surface area contributed by atoms with E-state index in [0.29, 0.717) is 11.4 Å². The smallest absolute Gasteiger partial charge is 0.165 e. The first kappa shape index (κ1) is 13.3. The van der Waals surface area contributed by atoms with E-state index >= 15 is 0 Å². The normalized spacial score (nSPS) is 10.7. The van der Waals surface area contributed by atoms with Crippen molar-refractivity contribution in [1.29, 1.82) is 0 Å². The lowest BCUT2D eigenvalue weighted by atomic mass is 10.1.